The highest BCUT2D eigenvalue weighted by molar-refractivity contribution is 7.98. The van der Waals surface area contributed by atoms with Gasteiger partial charge >= 0.3 is 0 Å². The third-order valence-electron chi connectivity index (χ3n) is 9.42. The molecule has 0 amide bonds. The van der Waals surface area contributed by atoms with Crippen LogP contribution in [0.15, 0.2) is 181 Å². The molecule has 0 saturated carbocycles. The number of thioether (sulfide) groups is 1. The van der Waals surface area contributed by atoms with E-state index in [2.05, 4.69) is 115 Å². The molecular formula is C47H32N4S. The Morgan fingerprint density at radius 2 is 0.885 bits per heavy atom. The molecular weight excluding hydrogens is 653 g/mol. The van der Waals surface area contributed by atoms with E-state index < -0.39 is 0 Å². The van der Waals surface area contributed by atoms with Gasteiger partial charge in [0.05, 0.1) is 10.7 Å². The standard InChI is InChI=1S/C47H32N4S/c1-52-44-22-12-21-43(48-44)32-25-23-31(24-26-32)36-27-37(42-30-35-17-8-9-18-39(35)40-19-10-11-20-41(40)42)29-38(28-36)47-50-45(33-13-4-2-5-14-33)49-46(51-47)34-15-6-3-7-16-34/h2-30H,1H3. The summed E-state index contributed by atoms with van der Waals surface area (Å²) in [5.74, 6) is 1.89. The van der Waals surface area contributed by atoms with Gasteiger partial charge in [-0.3, -0.25) is 0 Å². The van der Waals surface area contributed by atoms with Gasteiger partial charge in [-0.1, -0.05) is 140 Å². The van der Waals surface area contributed by atoms with Crippen LogP contribution in [0, 0.1) is 0 Å². The van der Waals surface area contributed by atoms with E-state index in [1.165, 1.54) is 21.5 Å². The number of nitrogens with zero attached hydrogens (tertiary/aromatic N) is 4. The molecule has 9 rings (SSSR count). The fourth-order valence-electron chi connectivity index (χ4n) is 6.83. The van der Waals surface area contributed by atoms with E-state index >= 15 is 0 Å². The van der Waals surface area contributed by atoms with Gasteiger partial charge in [0.25, 0.3) is 0 Å². The second-order valence-electron chi connectivity index (χ2n) is 12.7. The first kappa shape index (κ1) is 31.5. The van der Waals surface area contributed by atoms with Crippen molar-refractivity contribution in [3.8, 4) is 67.7 Å². The average Bonchev–Trinajstić information content (AvgIpc) is 3.23. The van der Waals surface area contributed by atoms with E-state index in [4.69, 9.17) is 19.9 Å². The number of fused-ring (bicyclic) bond motifs is 3. The Bertz CT molecular complexity index is 2650. The van der Waals surface area contributed by atoms with Crippen LogP contribution in [0.1, 0.15) is 0 Å². The van der Waals surface area contributed by atoms with Gasteiger partial charge in [-0.15, -0.1) is 11.8 Å². The zero-order chi connectivity index (χ0) is 34.9. The number of hydrogen-bond acceptors (Lipinski definition) is 5. The SMILES string of the molecule is CSc1cccc(-c2ccc(-c3cc(-c4nc(-c5ccccc5)nc(-c5ccccc5)n4)cc(-c4cc5ccccc5c5ccccc45)c3)cc2)n1. The molecule has 4 nitrogen and oxygen atoms in total. The predicted molar refractivity (Wildman–Crippen MR) is 217 cm³/mol. The average molecular weight is 685 g/mol. The maximum absolute atomic E-state index is 5.12. The summed E-state index contributed by atoms with van der Waals surface area (Å²) in [5, 5.41) is 5.87. The maximum atomic E-state index is 5.12. The lowest BCUT2D eigenvalue weighted by Gasteiger charge is -2.15. The predicted octanol–water partition coefficient (Wildman–Crippen LogP) is 12.3. The number of pyridine rings is 1. The van der Waals surface area contributed by atoms with Crippen molar-refractivity contribution in [1.29, 1.82) is 0 Å². The van der Waals surface area contributed by atoms with Crippen molar-refractivity contribution in [1.82, 2.24) is 19.9 Å². The van der Waals surface area contributed by atoms with E-state index in [0.29, 0.717) is 17.5 Å². The summed E-state index contributed by atoms with van der Waals surface area (Å²) >= 11 is 1.65. The Morgan fingerprint density at radius 1 is 0.346 bits per heavy atom. The molecule has 9 aromatic rings. The van der Waals surface area contributed by atoms with E-state index in [-0.39, 0.29) is 0 Å². The van der Waals surface area contributed by atoms with E-state index in [1.54, 1.807) is 11.8 Å². The minimum Gasteiger partial charge on any atom is -0.242 e. The summed E-state index contributed by atoms with van der Waals surface area (Å²) in [6, 6.07) is 61.4. The van der Waals surface area contributed by atoms with Gasteiger partial charge in [0.2, 0.25) is 0 Å². The van der Waals surface area contributed by atoms with Gasteiger partial charge in [-0.05, 0) is 86.5 Å². The van der Waals surface area contributed by atoms with E-state index in [0.717, 1.165) is 55.2 Å². The molecule has 0 atom stereocenters. The molecule has 0 unspecified atom stereocenters. The minimum atomic E-state index is 0.621. The van der Waals surface area contributed by atoms with Gasteiger partial charge < -0.3 is 0 Å². The van der Waals surface area contributed by atoms with Gasteiger partial charge in [-0.2, -0.15) is 0 Å². The van der Waals surface area contributed by atoms with Gasteiger partial charge in [0.1, 0.15) is 0 Å². The van der Waals surface area contributed by atoms with Crippen molar-refractivity contribution >= 4 is 33.3 Å². The fourth-order valence-corrected chi connectivity index (χ4v) is 7.24. The Balaban J connectivity index is 1.27. The van der Waals surface area contributed by atoms with Crippen molar-refractivity contribution in [3.05, 3.63) is 176 Å². The molecule has 0 spiro atoms. The normalized spacial score (nSPS) is 11.2. The van der Waals surface area contributed by atoms with E-state index in [1.807, 2.05) is 66.7 Å². The fraction of sp³-hybridized carbons (Fsp3) is 0.0213. The molecule has 246 valence electrons. The highest BCUT2D eigenvalue weighted by atomic mass is 32.2. The summed E-state index contributed by atoms with van der Waals surface area (Å²) in [7, 11) is 0. The monoisotopic (exact) mass is 684 g/mol. The lowest BCUT2D eigenvalue weighted by molar-refractivity contribution is 1.07. The third-order valence-corrected chi connectivity index (χ3v) is 10.1. The quantitative estimate of drug-likeness (QED) is 0.124. The Hall–Kier alpha value is -6.43. The Kier molecular flexibility index (Phi) is 8.31. The smallest absolute Gasteiger partial charge is 0.164 e. The highest BCUT2D eigenvalue weighted by Gasteiger charge is 2.17. The molecule has 2 heterocycles. The molecule has 5 heteroatoms. The largest absolute Gasteiger partial charge is 0.242 e. The minimum absolute atomic E-state index is 0.621. The zero-order valence-corrected chi connectivity index (χ0v) is 29.3. The van der Waals surface area contributed by atoms with Crippen LogP contribution in [0.5, 0.6) is 0 Å². The zero-order valence-electron chi connectivity index (χ0n) is 28.4. The molecule has 52 heavy (non-hydrogen) atoms. The summed E-state index contributed by atoms with van der Waals surface area (Å²) in [6.45, 7) is 0. The second kappa shape index (κ2) is 13.7. The Labute approximate surface area is 307 Å². The number of rotatable bonds is 7. The van der Waals surface area contributed by atoms with Crippen LogP contribution in [-0.4, -0.2) is 26.2 Å². The number of benzene rings is 7. The van der Waals surface area contributed by atoms with Crippen LogP contribution in [-0.2, 0) is 0 Å². The van der Waals surface area contributed by atoms with Crippen molar-refractivity contribution in [2.75, 3.05) is 6.26 Å². The number of aromatic nitrogens is 4. The first-order chi connectivity index (χ1) is 25.7. The van der Waals surface area contributed by atoms with Crippen molar-refractivity contribution in [2.24, 2.45) is 0 Å². The highest BCUT2D eigenvalue weighted by Crippen LogP contribution is 2.39. The summed E-state index contributed by atoms with van der Waals surface area (Å²) in [5.41, 5.74) is 9.26. The van der Waals surface area contributed by atoms with Crippen molar-refractivity contribution in [2.45, 2.75) is 5.03 Å². The summed E-state index contributed by atoms with van der Waals surface area (Å²) < 4.78 is 0. The maximum Gasteiger partial charge on any atom is 0.164 e. The van der Waals surface area contributed by atoms with Gasteiger partial charge in [0.15, 0.2) is 17.5 Å². The van der Waals surface area contributed by atoms with Gasteiger partial charge in [-0.25, -0.2) is 19.9 Å². The molecule has 7 aromatic carbocycles. The van der Waals surface area contributed by atoms with Crippen LogP contribution in [0.4, 0.5) is 0 Å². The van der Waals surface area contributed by atoms with Gasteiger partial charge in [0, 0.05) is 22.3 Å². The van der Waals surface area contributed by atoms with Crippen molar-refractivity contribution < 1.29 is 0 Å². The van der Waals surface area contributed by atoms with Crippen LogP contribution in [0.3, 0.4) is 0 Å². The van der Waals surface area contributed by atoms with Crippen LogP contribution >= 0.6 is 11.8 Å². The van der Waals surface area contributed by atoms with Crippen molar-refractivity contribution in [3.63, 3.8) is 0 Å². The first-order valence-corrected chi connectivity index (χ1v) is 18.5. The molecule has 0 fully saturated rings. The van der Waals surface area contributed by atoms with Crippen LogP contribution in [0.25, 0.3) is 89.2 Å². The summed E-state index contributed by atoms with van der Waals surface area (Å²) in [6.07, 6.45) is 2.05. The molecule has 0 N–H and O–H groups in total. The third kappa shape index (κ3) is 6.12. The molecule has 2 aromatic heterocycles. The molecule has 0 aliphatic heterocycles. The molecule has 0 bridgehead atoms. The first-order valence-electron chi connectivity index (χ1n) is 17.3. The molecule has 0 aliphatic rings. The summed E-state index contributed by atoms with van der Waals surface area (Å²) in [4.78, 5) is 20.0. The topological polar surface area (TPSA) is 51.6 Å². The lowest BCUT2D eigenvalue weighted by atomic mass is 9.90. The van der Waals surface area contributed by atoms with Crippen LogP contribution < -0.4 is 0 Å². The van der Waals surface area contributed by atoms with E-state index in [9.17, 15) is 0 Å². The second-order valence-corrected chi connectivity index (χ2v) is 13.5. The Morgan fingerprint density at radius 3 is 1.56 bits per heavy atom. The molecule has 0 radical (unpaired) electrons. The molecule has 0 saturated heterocycles. The van der Waals surface area contributed by atoms with Crippen LogP contribution in [0.2, 0.25) is 0 Å². The number of hydrogen-bond donors (Lipinski definition) is 0. The lowest BCUT2D eigenvalue weighted by Crippen LogP contribution is -2.00. The molecule has 0 aliphatic carbocycles.